The molecule has 37 heavy (non-hydrogen) atoms. The molecule has 6 nitrogen and oxygen atoms in total. The third kappa shape index (κ3) is 5.97. The van der Waals surface area contributed by atoms with Crippen molar-refractivity contribution in [1.82, 2.24) is 4.90 Å². The van der Waals surface area contributed by atoms with Crippen LogP contribution in [0.5, 0.6) is 0 Å². The standard InChI is InChI=1S/C29H26Cl2N2O4/c1-3-36-29(35)18(2)33-26(21-8-12-23(30)13-9-21)27(22-10-14-24(31)15-11-22)37-25(28(33)34)16-19-4-6-20(17-32)7-5-19/h4-15,18,25-27H,3,16H2,1-2H3/t18-,25-,26+,27-/m1/s1. The number of esters is 1. The zero-order valence-corrected chi connectivity index (χ0v) is 21.9. The molecule has 8 heteroatoms. The second-order valence-corrected chi connectivity index (χ2v) is 9.65. The molecule has 4 rings (SSSR count). The average Bonchev–Trinajstić information content (AvgIpc) is 2.91. The number of ether oxygens (including phenoxy) is 2. The Hall–Kier alpha value is -3.37. The van der Waals surface area contributed by atoms with Gasteiger partial charge in [-0.05, 0) is 66.9 Å². The fourth-order valence-corrected chi connectivity index (χ4v) is 4.79. The molecule has 1 aliphatic heterocycles. The fraction of sp³-hybridized carbons (Fsp3) is 0.276. The summed E-state index contributed by atoms with van der Waals surface area (Å²) >= 11 is 12.3. The average molecular weight is 537 g/mol. The molecule has 4 atom stereocenters. The lowest BCUT2D eigenvalue weighted by molar-refractivity contribution is -0.184. The second-order valence-electron chi connectivity index (χ2n) is 8.78. The summed E-state index contributed by atoms with van der Waals surface area (Å²) in [7, 11) is 0. The van der Waals surface area contributed by atoms with E-state index in [1.54, 1.807) is 67.3 Å². The molecule has 1 fully saturated rings. The molecule has 1 heterocycles. The molecule has 0 aromatic heterocycles. The van der Waals surface area contributed by atoms with E-state index >= 15 is 0 Å². The van der Waals surface area contributed by atoms with Crippen LogP contribution in [0.3, 0.4) is 0 Å². The molecule has 0 N–H and O–H groups in total. The van der Waals surface area contributed by atoms with Crippen molar-refractivity contribution in [3.63, 3.8) is 0 Å². The zero-order chi connectivity index (χ0) is 26.5. The van der Waals surface area contributed by atoms with Crippen LogP contribution < -0.4 is 0 Å². The van der Waals surface area contributed by atoms with Crippen LogP contribution in [0.15, 0.2) is 72.8 Å². The third-order valence-electron chi connectivity index (χ3n) is 6.39. The van der Waals surface area contributed by atoms with Crippen LogP contribution in [0.1, 0.15) is 48.2 Å². The summed E-state index contributed by atoms with van der Waals surface area (Å²) in [5, 5.41) is 10.2. The summed E-state index contributed by atoms with van der Waals surface area (Å²) in [5.74, 6) is -0.821. The van der Waals surface area contributed by atoms with E-state index < -0.39 is 30.3 Å². The van der Waals surface area contributed by atoms with Gasteiger partial charge in [-0.1, -0.05) is 59.6 Å². The molecule has 3 aromatic carbocycles. The maximum atomic E-state index is 14.0. The maximum Gasteiger partial charge on any atom is 0.328 e. The Labute approximate surface area is 226 Å². The van der Waals surface area contributed by atoms with Crippen LogP contribution in [0.2, 0.25) is 10.0 Å². The van der Waals surface area contributed by atoms with Gasteiger partial charge < -0.3 is 14.4 Å². The molecule has 190 valence electrons. The van der Waals surface area contributed by atoms with Gasteiger partial charge in [-0.25, -0.2) is 4.79 Å². The molecule has 0 aliphatic carbocycles. The number of morpholine rings is 1. The minimum absolute atomic E-state index is 0.197. The Bertz CT molecular complexity index is 1290. The molecule has 3 aromatic rings. The first kappa shape index (κ1) is 26.7. The monoisotopic (exact) mass is 536 g/mol. The van der Waals surface area contributed by atoms with Crippen molar-refractivity contribution in [2.75, 3.05) is 6.61 Å². The number of carbonyl (C=O) groups excluding carboxylic acids is 2. The highest BCUT2D eigenvalue weighted by atomic mass is 35.5. The lowest BCUT2D eigenvalue weighted by atomic mass is 9.89. The third-order valence-corrected chi connectivity index (χ3v) is 6.89. The maximum absolute atomic E-state index is 14.0. The van der Waals surface area contributed by atoms with Crippen molar-refractivity contribution in [2.24, 2.45) is 0 Å². The van der Waals surface area contributed by atoms with Gasteiger partial charge >= 0.3 is 5.97 Å². The highest BCUT2D eigenvalue weighted by molar-refractivity contribution is 6.30. The molecule has 0 unspecified atom stereocenters. The number of nitrogens with zero attached hydrogens (tertiary/aromatic N) is 2. The molecular formula is C29H26Cl2N2O4. The highest BCUT2D eigenvalue weighted by Gasteiger charge is 2.47. The highest BCUT2D eigenvalue weighted by Crippen LogP contribution is 2.44. The minimum atomic E-state index is -0.867. The normalized spacial score (nSPS) is 20.2. The van der Waals surface area contributed by atoms with Crippen LogP contribution in [0, 0.1) is 11.3 Å². The lowest BCUT2D eigenvalue weighted by Crippen LogP contribution is -2.56. The summed E-state index contributed by atoms with van der Waals surface area (Å²) in [5.41, 5.74) is 2.94. The predicted octanol–water partition coefficient (Wildman–Crippen LogP) is 6.07. The van der Waals surface area contributed by atoms with Gasteiger partial charge in [-0.3, -0.25) is 4.79 Å². The molecule has 0 saturated carbocycles. The van der Waals surface area contributed by atoms with Gasteiger partial charge in [-0.15, -0.1) is 0 Å². The summed E-state index contributed by atoms with van der Waals surface area (Å²) in [6, 6.07) is 22.0. The van der Waals surface area contributed by atoms with Crippen molar-refractivity contribution >= 4 is 35.1 Å². The number of amides is 1. The van der Waals surface area contributed by atoms with E-state index in [4.69, 9.17) is 37.9 Å². The number of hydrogen-bond donors (Lipinski definition) is 0. The van der Waals surface area contributed by atoms with Gasteiger partial charge in [-0.2, -0.15) is 5.26 Å². The number of hydrogen-bond acceptors (Lipinski definition) is 5. The molecule has 0 radical (unpaired) electrons. The van der Waals surface area contributed by atoms with E-state index in [2.05, 4.69) is 6.07 Å². The Morgan fingerprint density at radius 1 is 1.00 bits per heavy atom. The molecule has 1 saturated heterocycles. The Kier molecular flexibility index (Phi) is 8.50. The number of benzene rings is 3. The van der Waals surface area contributed by atoms with Crippen molar-refractivity contribution in [3.05, 3.63) is 105 Å². The largest absolute Gasteiger partial charge is 0.464 e. The number of rotatable bonds is 7. The van der Waals surface area contributed by atoms with Crippen LogP contribution in [-0.4, -0.2) is 35.5 Å². The van der Waals surface area contributed by atoms with Crippen molar-refractivity contribution < 1.29 is 19.1 Å². The van der Waals surface area contributed by atoms with Gasteiger partial charge in [0, 0.05) is 16.5 Å². The van der Waals surface area contributed by atoms with Crippen molar-refractivity contribution in [1.29, 1.82) is 5.26 Å². The van der Waals surface area contributed by atoms with Crippen molar-refractivity contribution in [3.8, 4) is 6.07 Å². The fourth-order valence-electron chi connectivity index (χ4n) is 4.54. The Balaban J connectivity index is 1.80. The smallest absolute Gasteiger partial charge is 0.328 e. The molecule has 0 spiro atoms. The zero-order valence-electron chi connectivity index (χ0n) is 20.4. The van der Waals surface area contributed by atoms with Gasteiger partial charge in [0.05, 0.1) is 24.3 Å². The minimum Gasteiger partial charge on any atom is -0.464 e. The van der Waals surface area contributed by atoms with E-state index in [1.807, 2.05) is 24.3 Å². The second kappa shape index (κ2) is 11.8. The molecule has 1 amide bonds. The van der Waals surface area contributed by atoms with E-state index in [9.17, 15) is 9.59 Å². The molecular weight excluding hydrogens is 511 g/mol. The Morgan fingerprint density at radius 3 is 2.11 bits per heavy atom. The van der Waals surface area contributed by atoms with Crippen LogP contribution in [0.25, 0.3) is 0 Å². The predicted molar refractivity (Wildman–Crippen MR) is 141 cm³/mol. The van der Waals surface area contributed by atoms with Gasteiger partial charge in [0.15, 0.2) is 0 Å². The van der Waals surface area contributed by atoms with E-state index in [1.165, 1.54) is 0 Å². The first-order valence-electron chi connectivity index (χ1n) is 12.0. The topological polar surface area (TPSA) is 79.6 Å². The van der Waals surface area contributed by atoms with Crippen LogP contribution in [-0.2, 0) is 25.5 Å². The summed E-state index contributed by atoms with van der Waals surface area (Å²) in [4.78, 5) is 28.5. The van der Waals surface area contributed by atoms with E-state index in [-0.39, 0.29) is 18.9 Å². The quantitative estimate of drug-likeness (QED) is 0.342. The van der Waals surface area contributed by atoms with Gasteiger partial charge in [0.25, 0.3) is 5.91 Å². The lowest BCUT2D eigenvalue weighted by Gasteiger charge is -2.46. The van der Waals surface area contributed by atoms with Crippen LogP contribution in [0.4, 0.5) is 0 Å². The summed E-state index contributed by atoms with van der Waals surface area (Å²) < 4.78 is 11.8. The first-order valence-corrected chi connectivity index (χ1v) is 12.7. The number of nitriles is 1. The number of carbonyl (C=O) groups is 2. The van der Waals surface area contributed by atoms with E-state index in [0.29, 0.717) is 15.6 Å². The first-order chi connectivity index (χ1) is 17.8. The SMILES string of the molecule is CCOC(=O)[C@@H](C)N1C(=O)[C@@H](Cc2ccc(C#N)cc2)O[C@H](c2ccc(Cl)cc2)[C@@H]1c1ccc(Cl)cc1. The summed E-state index contributed by atoms with van der Waals surface area (Å²) in [6.45, 7) is 3.59. The number of halogens is 2. The van der Waals surface area contributed by atoms with Gasteiger partial charge in [0.2, 0.25) is 0 Å². The van der Waals surface area contributed by atoms with Crippen LogP contribution >= 0.6 is 23.2 Å². The van der Waals surface area contributed by atoms with Crippen molar-refractivity contribution in [2.45, 2.75) is 44.6 Å². The van der Waals surface area contributed by atoms with Gasteiger partial charge in [0.1, 0.15) is 18.2 Å². The Morgan fingerprint density at radius 2 is 1.57 bits per heavy atom. The molecule has 1 aliphatic rings. The summed E-state index contributed by atoms with van der Waals surface area (Å²) in [6.07, 6.45) is -1.20. The van der Waals surface area contributed by atoms with E-state index in [0.717, 1.165) is 16.7 Å². The molecule has 0 bridgehead atoms.